The van der Waals surface area contributed by atoms with Crippen molar-refractivity contribution in [2.45, 2.75) is 26.7 Å². The minimum absolute atomic E-state index is 0.745. The molecule has 1 aliphatic heterocycles. The van der Waals surface area contributed by atoms with Crippen LogP contribution in [0.5, 0.6) is 0 Å². The van der Waals surface area contributed by atoms with Gasteiger partial charge in [0.15, 0.2) is 0 Å². The third-order valence-electron chi connectivity index (χ3n) is 3.71. The normalized spacial score (nSPS) is 14.5. The molecule has 1 fully saturated rings. The Balaban J connectivity index is 1.87. The zero-order valence-electron chi connectivity index (χ0n) is 12.4. The van der Waals surface area contributed by atoms with E-state index in [9.17, 15) is 0 Å². The maximum absolute atomic E-state index is 6.00. The summed E-state index contributed by atoms with van der Waals surface area (Å²) in [4.78, 5) is 11.3. The molecule has 1 N–H and O–H groups in total. The molecule has 0 radical (unpaired) electrons. The van der Waals surface area contributed by atoms with Crippen molar-refractivity contribution in [2.24, 2.45) is 0 Å². The van der Waals surface area contributed by atoms with Crippen LogP contribution >= 0.6 is 11.6 Å². The van der Waals surface area contributed by atoms with E-state index in [0.29, 0.717) is 0 Å². The first-order valence-electron chi connectivity index (χ1n) is 7.25. The van der Waals surface area contributed by atoms with Crippen molar-refractivity contribution >= 4 is 28.9 Å². The van der Waals surface area contributed by atoms with E-state index in [1.807, 2.05) is 38.1 Å². The third-order valence-corrected chi connectivity index (χ3v) is 3.94. The lowest BCUT2D eigenvalue weighted by Gasteiger charge is -2.18. The van der Waals surface area contributed by atoms with Crippen LogP contribution in [0.15, 0.2) is 24.3 Å². The van der Waals surface area contributed by atoms with Crippen molar-refractivity contribution in [2.75, 3.05) is 23.3 Å². The molecule has 2 heterocycles. The van der Waals surface area contributed by atoms with Gasteiger partial charge < -0.3 is 10.2 Å². The lowest BCUT2D eigenvalue weighted by molar-refractivity contribution is 0.911. The third kappa shape index (κ3) is 3.27. The van der Waals surface area contributed by atoms with Crippen LogP contribution in [-0.2, 0) is 0 Å². The van der Waals surface area contributed by atoms with E-state index in [4.69, 9.17) is 11.6 Å². The minimum Gasteiger partial charge on any atom is -0.356 e. The van der Waals surface area contributed by atoms with Crippen LogP contribution in [0.2, 0.25) is 5.02 Å². The Kier molecular flexibility index (Phi) is 3.97. The first kappa shape index (κ1) is 14.1. The number of aryl methyl sites for hydroxylation is 2. The Morgan fingerprint density at radius 2 is 1.86 bits per heavy atom. The van der Waals surface area contributed by atoms with Gasteiger partial charge in [-0.25, -0.2) is 9.97 Å². The van der Waals surface area contributed by atoms with Crippen LogP contribution in [0.4, 0.5) is 17.3 Å². The molecule has 0 saturated carbocycles. The average Bonchev–Trinajstić information content (AvgIpc) is 2.95. The van der Waals surface area contributed by atoms with Crippen molar-refractivity contribution in [3.8, 4) is 0 Å². The molecule has 0 spiro atoms. The Labute approximate surface area is 130 Å². The second-order valence-corrected chi connectivity index (χ2v) is 5.87. The summed E-state index contributed by atoms with van der Waals surface area (Å²) in [6, 6.07) is 7.82. The summed E-state index contributed by atoms with van der Waals surface area (Å²) in [5.74, 6) is 2.62. The van der Waals surface area contributed by atoms with Crippen LogP contribution < -0.4 is 10.2 Å². The predicted molar refractivity (Wildman–Crippen MR) is 87.7 cm³/mol. The highest BCUT2D eigenvalue weighted by atomic mass is 35.5. The molecule has 110 valence electrons. The number of anilines is 3. The second kappa shape index (κ2) is 5.90. The number of benzene rings is 1. The number of hydrogen-bond acceptors (Lipinski definition) is 4. The molecule has 1 aromatic heterocycles. The van der Waals surface area contributed by atoms with Crippen molar-refractivity contribution in [1.29, 1.82) is 0 Å². The van der Waals surface area contributed by atoms with E-state index in [0.717, 1.165) is 46.8 Å². The van der Waals surface area contributed by atoms with Crippen LogP contribution in [0.1, 0.15) is 24.2 Å². The van der Waals surface area contributed by atoms with Crippen LogP contribution in [0, 0.1) is 13.8 Å². The smallest absolute Gasteiger partial charge is 0.136 e. The quantitative estimate of drug-likeness (QED) is 0.927. The molecule has 4 nitrogen and oxygen atoms in total. The predicted octanol–water partition coefficient (Wildman–Crippen LogP) is 4.09. The standard InChI is InChI=1S/C16H19ClN4/c1-11-9-13(17)5-6-14(11)20-15-10-16(19-12(2)18-15)21-7-3-4-8-21/h5-6,9-10H,3-4,7-8H2,1-2H3,(H,18,19,20). The van der Waals surface area contributed by atoms with E-state index in [1.54, 1.807) is 0 Å². The summed E-state index contributed by atoms with van der Waals surface area (Å²) in [5, 5.41) is 4.11. The number of hydrogen-bond donors (Lipinski definition) is 1. The molecule has 0 bridgehead atoms. The fraction of sp³-hybridized carbons (Fsp3) is 0.375. The summed E-state index contributed by atoms with van der Waals surface area (Å²) in [5.41, 5.74) is 2.12. The highest BCUT2D eigenvalue weighted by Gasteiger charge is 2.15. The Morgan fingerprint density at radius 3 is 2.57 bits per heavy atom. The van der Waals surface area contributed by atoms with E-state index < -0.39 is 0 Å². The molecule has 21 heavy (non-hydrogen) atoms. The molecule has 1 aliphatic rings. The van der Waals surface area contributed by atoms with Gasteiger partial charge in [0.25, 0.3) is 0 Å². The van der Waals surface area contributed by atoms with Gasteiger partial charge in [0.05, 0.1) is 0 Å². The summed E-state index contributed by atoms with van der Waals surface area (Å²) in [6.45, 7) is 6.12. The van der Waals surface area contributed by atoms with E-state index in [1.165, 1.54) is 12.8 Å². The Hall–Kier alpha value is -1.81. The Morgan fingerprint density at radius 1 is 1.10 bits per heavy atom. The molecule has 2 aromatic rings. The summed E-state index contributed by atoms with van der Waals surface area (Å²) >= 11 is 6.00. The first-order valence-corrected chi connectivity index (χ1v) is 7.63. The number of aromatic nitrogens is 2. The maximum atomic E-state index is 6.00. The number of rotatable bonds is 3. The van der Waals surface area contributed by atoms with E-state index in [2.05, 4.69) is 20.2 Å². The fourth-order valence-electron chi connectivity index (χ4n) is 2.63. The second-order valence-electron chi connectivity index (χ2n) is 5.44. The topological polar surface area (TPSA) is 41.1 Å². The van der Waals surface area contributed by atoms with Gasteiger partial charge in [-0.3, -0.25) is 0 Å². The molecule has 0 unspecified atom stereocenters. The molecule has 1 saturated heterocycles. The van der Waals surface area contributed by atoms with Gasteiger partial charge in [0, 0.05) is 29.9 Å². The van der Waals surface area contributed by atoms with Crippen LogP contribution in [0.25, 0.3) is 0 Å². The first-order chi connectivity index (χ1) is 10.1. The van der Waals surface area contributed by atoms with Crippen LogP contribution in [-0.4, -0.2) is 23.1 Å². The maximum Gasteiger partial charge on any atom is 0.136 e. The van der Waals surface area contributed by atoms with Crippen LogP contribution in [0.3, 0.4) is 0 Å². The van der Waals surface area contributed by atoms with Gasteiger partial charge in [-0.15, -0.1) is 0 Å². The fourth-order valence-corrected chi connectivity index (χ4v) is 2.86. The van der Waals surface area contributed by atoms with Gasteiger partial charge in [-0.05, 0) is 50.5 Å². The van der Waals surface area contributed by atoms with Gasteiger partial charge in [-0.1, -0.05) is 11.6 Å². The molecule has 5 heteroatoms. The van der Waals surface area contributed by atoms with Crippen molar-refractivity contribution in [1.82, 2.24) is 9.97 Å². The van der Waals surface area contributed by atoms with Crippen molar-refractivity contribution < 1.29 is 0 Å². The average molecular weight is 303 g/mol. The largest absolute Gasteiger partial charge is 0.356 e. The minimum atomic E-state index is 0.745. The van der Waals surface area contributed by atoms with Gasteiger partial charge in [-0.2, -0.15) is 0 Å². The van der Waals surface area contributed by atoms with Gasteiger partial charge in [0.2, 0.25) is 0 Å². The van der Waals surface area contributed by atoms with Gasteiger partial charge in [0.1, 0.15) is 17.5 Å². The molecule has 0 atom stereocenters. The lowest BCUT2D eigenvalue weighted by atomic mass is 10.2. The van der Waals surface area contributed by atoms with Gasteiger partial charge >= 0.3 is 0 Å². The molecule has 1 aromatic carbocycles. The Bertz CT molecular complexity index is 651. The number of nitrogens with one attached hydrogen (secondary N) is 1. The highest BCUT2D eigenvalue weighted by molar-refractivity contribution is 6.30. The monoisotopic (exact) mass is 302 g/mol. The zero-order chi connectivity index (χ0) is 14.8. The van der Waals surface area contributed by atoms with Crippen molar-refractivity contribution in [3.05, 3.63) is 40.7 Å². The van der Waals surface area contributed by atoms with E-state index in [-0.39, 0.29) is 0 Å². The summed E-state index contributed by atoms with van der Waals surface area (Å²) < 4.78 is 0. The molecular weight excluding hydrogens is 284 g/mol. The number of nitrogens with zero attached hydrogens (tertiary/aromatic N) is 3. The molecular formula is C16H19ClN4. The molecule has 0 aliphatic carbocycles. The lowest BCUT2D eigenvalue weighted by Crippen LogP contribution is -2.19. The summed E-state index contributed by atoms with van der Waals surface area (Å²) in [6.07, 6.45) is 2.48. The summed E-state index contributed by atoms with van der Waals surface area (Å²) in [7, 11) is 0. The van der Waals surface area contributed by atoms with E-state index >= 15 is 0 Å². The van der Waals surface area contributed by atoms with Crippen molar-refractivity contribution in [3.63, 3.8) is 0 Å². The molecule has 0 amide bonds. The highest BCUT2D eigenvalue weighted by Crippen LogP contribution is 2.25. The SMILES string of the molecule is Cc1nc(Nc2ccc(Cl)cc2C)cc(N2CCCC2)n1. The zero-order valence-corrected chi connectivity index (χ0v) is 13.1. The molecule has 3 rings (SSSR count). The number of halogens is 1.